The molecule has 2 rings (SSSR count). The molecular weight excluding hydrogens is 274 g/mol. The Morgan fingerprint density at radius 3 is 2.55 bits per heavy atom. The molecule has 0 bridgehead atoms. The van der Waals surface area contributed by atoms with Crippen LogP contribution in [0.15, 0.2) is 4.52 Å². The summed E-state index contributed by atoms with van der Waals surface area (Å²) in [5.74, 6) is -3.20. The summed E-state index contributed by atoms with van der Waals surface area (Å²) in [6.45, 7) is 1.16. The van der Waals surface area contributed by atoms with Crippen molar-refractivity contribution in [2.75, 3.05) is 39.3 Å². The molecule has 0 spiro atoms. The fraction of sp³-hybridized carbons (Fsp3) is 0.727. The number of aliphatic hydroxyl groups is 1. The van der Waals surface area contributed by atoms with E-state index in [-0.39, 0.29) is 11.7 Å². The van der Waals surface area contributed by atoms with Crippen LogP contribution in [0.25, 0.3) is 0 Å². The van der Waals surface area contributed by atoms with Crippen molar-refractivity contribution in [1.29, 1.82) is 0 Å². The molecule has 1 aromatic heterocycles. The number of carbonyl (C=O) groups excluding carboxylic acids is 1. The van der Waals surface area contributed by atoms with Crippen LogP contribution in [-0.4, -0.2) is 76.2 Å². The van der Waals surface area contributed by atoms with Gasteiger partial charge in [-0.25, -0.2) is 8.78 Å². The normalized spacial score (nSPS) is 17.5. The standard InChI is InChI=1S/C11H16F2N4O3/c1-8-14-9(15-20-8)10(19)17-4-2-16(3-5-17)6-11(12,13)7-18/h18H,2-7H2,1H3. The van der Waals surface area contributed by atoms with Crippen LogP contribution in [0.3, 0.4) is 0 Å². The fourth-order valence-electron chi connectivity index (χ4n) is 2.01. The Bertz CT molecular complexity index is 472. The molecule has 1 saturated heterocycles. The summed E-state index contributed by atoms with van der Waals surface area (Å²) in [5.41, 5.74) is 0. The van der Waals surface area contributed by atoms with Gasteiger partial charge in [0.2, 0.25) is 5.89 Å². The van der Waals surface area contributed by atoms with Gasteiger partial charge in [-0.05, 0) is 0 Å². The predicted molar refractivity (Wildman–Crippen MR) is 63.4 cm³/mol. The first-order chi connectivity index (χ1) is 9.41. The van der Waals surface area contributed by atoms with Crippen molar-refractivity contribution in [3.05, 3.63) is 11.7 Å². The minimum atomic E-state index is -3.11. The number of hydrogen-bond donors (Lipinski definition) is 1. The largest absolute Gasteiger partial charge is 0.390 e. The molecule has 9 heteroatoms. The monoisotopic (exact) mass is 290 g/mol. The summed E-state index contributed by atoms with van der Waals surface area (Å²) in [4.78, 5) is 18.9. The third-order valence-electron chi connectivity index (χ3n) is 3.06. The Labute approximate surface area is 114 Å². The zero-order valence-corrected chi connectivity index (χ0v) is 11.1. The van der Waals surface area contributed by atoms with Crippen LogP contribution < -0.4 is 0 Å². The van der Waals surface area contributed by atoms with Gasteiger partial charge < -0.3 is 14.5 Å². The maximum atomic E-state index is 13.1. The average molecular weight is 290 g/mol. The molecule has 0 unspecified atom stereocenters. The van der Waals surface area contributed by atoms with Crippen molar-refractivity contribution >= 4 is 5.91 Å². The maximum absolute atomic E-state index is 13.1. The van der Waals surface area contributed by atoms with E-state index in [2.05, 4.69) is 10.1 Å². The molecule has 112 valence electrons. The molecule has 0 aromatic carbocycles. The first-order valence-electron chi connectivity index (χ1n) is 6.22. The highest BCUT2D eigenvalue weighted by molar-refractivity contribution is 5.90. The number of piperazine rings is 1. The Morgan fingerprint density at radius 1 is 1.40 bits per heavy atom. The van der Waals surface area contributed by atoms with E-state index < -0.39 is 19.1 Å². The minimum Gasteiger partial charge on any atom is -0.390 e. The summed E-state index contributed by atoms with van der Waals surface area (Å²) < 4.78 is 30.8. The highest BCUT2D eigenvalue weighted by Crippen LogP contribution is 2.16. The van der Waals surface area contributed by atoms with E-state index in [0.717, 1.165) is 0 Å². The van der Waals surface area contributed by atoms with Crippen LogP contribution in [0.5, 0.6) is 0 Å². The number of alkyl halides is 2. The molecule has 20 heavy (non-hydrogen) atoms. The van der Waals surface area contributed by atoms with Gasteiger partial charge in [0, 0.05) is 33.1 Å². The first kappa shape index (κ1) is 14.8. The molecule has 0 radical (unpaired) electrons. The predicted octanol–water partition coefficient (Wildman–Crippen LogP) is -0.237. The lowest BCUT2D eigenvalue weighted by Crippen LogP contribution is -2.52. The van der Waals surface area contributed by atoms with Gasteiger partial charge in [0.1, 0.15) is 6.61 Å². The third-order valence-corrected chi connectivity index (χ3v) is 3.06. The van der Waals surface area contributed by atoms with Gasteiger partial charge in [-0.1, -0.05) is 5.16 Å². The zero-order chi connectivity index (χ0) is 14.8. The number of hydrogen-bond acceptors (Lipinski definition) is 6. The van der Waals surface area contributed by atoms with Gasteiger partial charge in [-0.15, -0.1) is 0 Å². The Morgan fingerprint density at radius 2 is 2.05 bits per heavy atom. The number of aliphatic hydroxyl groups excluding tert-OH is 1. The van der Waals surface area contributed by atoms with Crippen molar-refractivity contribution in [3.63, 3.8) is 0 Å². The minimum absolute atomic E-state index is 0.0170. The lowest BCUT2D eigenvalue weighted by Gasteiger charge is -2.35. The summed E-state index contributed by atoms with van der Waals surface area (Å²) in [6.07, 6.45) is 0. The van der Waals surface area contributed by atoms with Crippen LogP contribution in [0, 0.1) is 6.92 Å². The third kappa shape index (κ3) is 3.48. The van der Waals surface area contributed by atoms with Gasteiger partial charge in [-0.2, -0.15) is 4.98 Å². The molecule has 0 atom stereocenters. The van der Waals surface area contributed by atoms with E-state index in [0.29, 0.717) is 32.1 Å². The van der Waals surface area contributed by atoms with Crippen molar-refractivity contribution in [3.8, 4) is 0 Å². The molecule has 1 aromatic rings. The van der Waals surface area contributed by atoms with Crippen molar-refractivity contribution in [1.82, 2.24) is 19.9 Å². The molecule has 1 amide bonds. The van der Waals surface area contributed by atoms with Crippen LogP contribution in [-0.2, 0) is 0 Å². The molecular formula is C11H16F2N4O3. The molecule has 1 N–H and O–H groups in total. The topological polar surface area (TPSA) is 82.7 Å². The number of rotatable bonds is 4. The van der Waals surface area contributed by atoms with E-state index in [1.807, 2.05) is 0 Å². The number of aromatic nitrogens is 2. The molecule has 0 saturated carbocycles. The number of amides is 1. The molecule has 1 aliphatic rings. The molecule has 2 heterocycles. The Hall–Kier alpha value is -1.61. The lowest BCUT2D eigenvalue weighted by molar-refractivity contribution is -0.0773. The van der Waals surface area contributed by atoms with Crippen molar-refractivity contribution in [2.24, 2.45) is 0 Å². The molecule has 0 aliphatic carbocycles. The fourth-order valence-corrected chi connectivity index (χ4v) is 2.01. The smallest absolute Gasteiger partial charge is 0.295 e. The van der Waals surface area contributed by atoms with E-state index in [1.165, 1.54) is 9.80 Å². The van der Waals surface area contributed by atoms with Gasteiger partial charge in [0.25, 0.3) is 17.7 Å². The average Bonchev–Trinajstić information content (AvgIpc) is 2.85. The summed E-state index contributed by atoms with van der Waals surface area (Å²) >= 11 is 0. The van der Waals surface area contributed by atoms with E-state index in [1.54, 1.807) is 6.92 Å². The van der Waals surface area contributed by atoms with Crippen molar-refractivity contribution in [2.45, 2.75) is 12.8 Å². The second-order valence-electron chi connectivity index (χ2n) is 4.72. The SMILES string of the molecule is Cc1nc(C(=O)N2CCN(CC(F)(F)CO)CC2)no1. The van der Waals surface area contributed by atoms with Gasteiger partial charge in [0.15, 0.2) is 0 Å². The maximum Gasteiger partial charge on any atom is 0.295 e. The number of nitrogens with zero attached hydrogens (tertiary/aromatic N) is 4. The second kappa shape index (κ2) is 5.80. The summed E-state index contributed by atoms with van der Waals surface area (Å²) in [7, 11) is 0. The summed E-state index contributed by atoms with van der Waals surface area (Å²) in [6, 6.07) is 0. The summed E-state index contributed by atoms with van der Waals surface area (Å²) in [5, 5.41) is 12.1. The Balaban J connectivity index is 1.87. The number of aryl methyl sites for hydroxylation is 1. The Kier molecular flexibility index (Phi) is 4.29. The zero-order valence-electron chi connectivity index (χ0n) is 11.1. The number of halogens is 2. The quantitative estimate of drug-likeness (QED) is 0.824. The van der Waals surface area contributed by atoms with Crippen LogP contribution in [0.1, 0.15) is 16.5 Å². The van der Waals surface area contributed by atoms with Crippen LogP contribution in [0.4, 0.5) is 8.78 Å². The van der Waals surface area contributed by atoms with E-state index in [4.69, 9.17) is 9.63 Å². The highest BCUT2D eigenvalue weighted by atomic mass is 19.3. The number of carbonyl (C=O) groups is 1. The van der Waals surface area contributed by atoms with Gasteiger partial charge >= 0.3 is 0 Å². The highest BCUT2D eigenvalue weighted by Gasteiger charge is 2.33. The van der Waals surface area contributed by atoms with Crippen LogP contribution >= 0.6 is 0 Å². The molecule has 7 nitrogen and oxygen atoms in total. The first-order valence-corrected chi connectivity index (χ1v) is 6.22. The van der Waals surface area contributed by atoms with Crippen LogP contribution in [0.2, 0.25) is 0 Å². The molecule has 1 fully saturated rings. The molecule has 1 aliphatic heterocycles. The van der Waals surface area contributed by atoms with E-state index in [9.17, 15) is 13.6 Å². The van der Waals surface area contributed by atoms with Gasteiger partial charge in [-0.3, -0.25) is 9.69 Å². The lowest BCUT2D eigenvalue weighted by atomic mass is 10.2. The van der Waals surface area contributed by atoms with Crippen molar-refractivity contribution < 1.29 is 23.2 Å². The van der Waals surface area contributed by atoms with E-state index >= 15 is 0 Å². The second-order valence-corrected chi connectivity index (χ2v) is 4.72. The van der Waals surface area contributed by atoms with Gasteiger partial charge in [0.05, 0.1) is 6.54 Å².